The highest BCUT2D eigenvalue weighted by atomic mass is 16.5. The van der Waals surface area contributed by atoms with E-state index in [0.717, 1.165) is 12.8 Å². The minimum Gasteiger partial charge on any atom is -0.466 e. The van der Waals surface area contributed by atoms with Crippen molar-refractivity contribution in [1.82, 2.24) is 10.6 Å². The Kier molecular flexibility index (Phi) is 6.45. The van der Waals surface area contributed by atoms with E-state index in [1.165, 1.54) is 16.3 Å². The van der Waals surface area contributed by atoms with Gasteiger partial charge in [-0.15, -0.1) is 0 Å². The van der Waals surface area contributed by atoms with E-state index >= 15 is 0 Å². The van der Waals surface area contributed by atoms with Gasteiger partial charge >= 0.3 is 5.97 Å². The first kappa shape index (κ1) is 19.4. The number of benzene rings is 2. The third kappa shape index (κ3) is 4.86. The lowest BCUT2D eigenvalue weighted by Crippen LogP contribution is -2.48. The Labute approximate surface area is 160 Å². The quantitative estimate of drug-likeness (QED) is 0.702. The Morgan fingerprint density at radius 2 is 1.89 bits per heavy atom. The van der Waals surface area contributed by atoms with Crippen LogP contribution in [0, 0.1) is 5.92 Å². The van der Waals surface area contributed by atoms with Crippen LogP contribution in [0.1, 0.15) is 44.7 Å². The van der Waals surface area contributed by atoms with Crippen molar-refractivity contribution in [2.24, 2.45) is 5.92 Å². The molecule has 0 heterocycles. The summed E-state index contributed by atoms with van der Waals surface area (Å²) in [5, 5.41) is 9.00. The van der Waals surface area contributed by atoms with Gasteiger partial charge in [-0.3, -0.25) is 9.59 Å². The largest absolute Gasteiger partial charge is 0.466 e. The smallest absolute Gasteiger partial charge is 0.307 e. The predicted molar refractivity (Wildman–Crippen MR) is 106 cm³/mol. The maximum atomic E-state index is 12.1. The van der Waals surface area contributed by atoms with Gasteiger partial charge in [-0.1, -0.05) is 42.5 Å². The molecule has 5 heteroatoms. The molecule has 0 spiro atoms. The number of carbonyl (C=O) groups is 2. The van der Waals surface area contributed by atoms with Gasteiger partial charge in [0, 0.05) is 24.5 Å². The first-order valence-corrected chi connectivity index (χ1v) is 9.75. The van der Waals surface area contributed by atoms with Crippen LogP contribution in [0.15, 0.2) is 42.5 Å². The molecule has 1 saturated carbocycles. The second-order valence-corrected chi connectivity index (χ2v) is 7.17. The first-order chi connectivity index (χ1) is 13.1. The van der Waals surface area contributed by atoms with Crippen molar-refractivity contribution in [3.63, 3.8) is 0 Å². The summed E-state index contributed by atoms with van der Waals surface area (Å²) in [7, 11) is 0. The van der Waals surface area contributed by atoms with Crippen molar-refractivity contribution in [1.29, 1.82) is 0 Å². The Morgan fingerprint density at radius 3 is 2.67 bits per heavy atom. The molecule has 27 heavy (non-hydrogen) atoms. The zero-order chi connectivity index (χ0) is 19.2. The van der Waals surface area contributed by atoms with Gasteiger partial charge in [0.25, 0.3) is 0 Å². The molecule has 5 nitrogen and oxygen atoms in total. The maximum Gasteiger partial charge on any atom is 0.307 e. The van der Waals surface area contributed by atoms with Crippen LogP contribution < -0.4 is 10.6 Å². The second kappa shape index (κ2) is 9.00. The van der Waals surface area contributed by atoms with Gasteiger partial charge in [-0.05, 0) is 43.0 Å². The fourth-order valence-corrected chi connectivity index (χ4v) is 3.70. The molecule has 2 aromatic rings. The van der Waals surface area contributed by atoms with Crippen LogP contribution in [0.5, 0.6) is 0 Å². The topological polar surface area (TPSA) is 67.4 Å². The van der Waals surface area contributed by atoms with Crippen molar-refractivity contribution in [3.8, 4) is 0 Å². The Morgan fingerprint density at radius 1 is 1.15 bits per heavy atom. The van der Waals surface area contributed by atoms with E-state index in [1.807, 2.05) is 0 Å². The van der Waals surface area contributed by atoms with Crippen molar-refractivity contribution in [3.05, 3.63) is 48.0 Å². The summed E-state index contributed by atoms with van der Waals surface area (Å²) < 4.78 is 4.86. The van der Waals surface area contributed by atoms with Gasteiger partial charge in [-0.2, -0.15) is 0 Å². The zero-order valence-electron chi connectivity index (χ0n) is 16.0. The zero-order valence-corrected chi connectivity index (χ0v) is 16.0. The van der Waals surface area contributed by atoms with Crippen molar-refractivity contribution < 1.29 is 14.3 Å². The fraction of sp³-hybridized carbons (Fsp3) is 0.455. The van der Waals surface area contributed by atoms with Crippen LogP contribution >= 0.6 is 0 Å². The number of rotatable bonds is 8. The van der Waals surface area contributed by atoms with Gasteiger partial charge in [0.1, 0.15) is 0 Å². The molecule has 1 atom stereocenters. The van der Waals surface area contributed by atoms with E-state index in [2.05, 4.69) is 60.0 Å². The minimum absolute atomic E-state index is 0.0319. The molecule has 0 radical (unpaired) electrons. The Hall–Kier alpha value is -2.40. The summed E-state index contributed by atoms with van der Waals surface area (Å²) in [6, 6.07) is 15.4. The average molecular weight is 368 g/mol. The number of ether oxygens (including phenoxy) is 1. The Bertz CT molecular complexity index is 794. The molecule has 1 fully saturated rings. The fourth-order valence-electron chi connectivity index (χ4n) is 3.70. The molecule has 2 aromatic carbocycles. The van der Waals surface area contributed by atoms with Gasteiger partial charge in [0.2, 0.25) is 5.91 Å². The van der Waals surface area contributed by atoms with E-state index < -0.39 is 0 Å². The van der Waals surface area contributed by atoms with Crippen LogP contribution in [0.4, 0.5) is 0 Å². The number of hydrogen-bond donors (Lipinski definition) is 2. The van der Waals surface area contributed by atoms with E-state index in [0.29, 0.717) is 19.2 Å². The molecule has 0 saturated heterocycles. The summed E-state index contributed by atoms with van der Waals surface area (Å²) in [5.41, 5.74) is 1.29. The molecule has 1 aliphatic rings. The highest BCUT2D eigenvalue weighted by Gasteiger charge is 2.35. The standard InChI is InChI=1S/C22H28N2O3/c1-3-27-21(25)11-12-23-22(26)17-13-18(14-17)24-15(2)19-10-6-8-16-7-4-5-9-20(16)19/h4-10,15,17-18,24H,3,11-14H2,1-2H3,(H,23,26)/t15-,17?,18?/m1/s1. The number of carbonyl (C=O) groups excluding carboxylic acids is 2. The van der Waals surface area contributed by atoms with E-state index in [9.17, 15) is 9.59 Å². The van der Waals surface area contributed by atoms with Crippen LogP contribution in [0.3, 0.4) is 0 Å². The molecule has 2 N–H and O–H groups in total. The van der Waals surface area contributed by atoms with Crippen molar-refractivity contribution in [2.45, 2.75) is 45.2 Å². The lowest BCUT2D eigenvalue weighted by Gasteiger charge is -2.37. The van der Waals surface area contributed by atoms with Gasteiger partial charge in [0.15, 0.2) is 0 Å². The molecule has 1 aliphatic carbocycles. The monoisotopic (exact) mass is 368 g/mol. The molecule has 3 rings (SSSR count). The second-order valence-electron chi connectivity index (χ2n) is 7.17. The summed E-state index contributed by atoms with van der Waals surface area (Å²) in [6.07, 6.45) is 1.90. The average Bonchev–Trinajstić information content (AvgIpc) is 2.63. The number of amides is 1. The lowest BCUT2D eigenvalue weighted by atomic mass is 9.79. The minimum atomic E-state index is -0.269. The van der Waals surface area contributed by atoms with Crippen LogP contribution in [-0.4, -0.2) is 31.1 Å². The molecule has 0 bridgehead atoms. The number of nitrogens with one attached hydrogen (secondary N) is 2. The summed E-state index contributed by atoms with van der Waals surface area (Å²) in [6.45, 7) is 4.67. The third-order valence-corrected chi connectivity index (χ3v) is 5.22. The molecule has 0 aliphatic heterocycles. The molecular formula is C22H28N2O3. The molecule has 1 amide bonds. The molecule has 0 unspecified atom stereocenters. The summed E-state index contributed by atoms with van der Waals surface area (Å²) in [5.74, 6) is -0.200. The number of esters is 1. The Balaban J connectivity index is 1.44. The number of hydrogen-bond acceptors (Lipinski definition) is 4. The highest BCUT2D eigenvalue weighted by Crippen LogP contribution is 2.31. The van der Waals surface area contributed by atoms with E-state index in [4.69, 9.17) is 4.74 Å². The third-order valence-electron chi connectivity index (χ3n) is 5.22. The van der Waals surface area contributed by atoms with Crippen molar-refractivity contribution >= 4 is 22.6 Å². The lowest BCUT2D eigenvalue weighted by molar-refractivity contribution is -0.143. The van der Waals surface area contributed by atoms with Gasteiger partial charge in [-0.25, -0.2) is 0 Å². The first-order valence-electron chi connectivity index (χ1n) is 9.75. The normalized spacial score (nSPS) is 19.9. The maximum absolute atomic E-state index is 12.1. The predicted octanol–water partition coefficient (Wildman–Crippen LogP) is 3.34. The van der Waals surface area contributed by atoms with Crippen LogP contribution in [-0.2, 0) is 14.3 Å². The summed E-state index contributed by atoms with van der Waals surface area (Å²) >= 11 is 0. The molecule has 0 aromatic heterocycles. The number of fused-ring (bicyclic) bond motifs is 1. The van der Waals surface area contributed by atoms with E-state index in [1.54, 1.807) is 6.92 Å². The molecule has 144 valence electrons. The SMILES string of the molecule is CCOC(=O)CCNC(=O)C1CC(N[C@H](C)c2cccc3ccccc23)C1. The van der Waals surface area contributed by atoms with Gasteiger partial charge < -0.3 is 15.4 Å². The van der Waals surface area contributed by atoms with Crippen LogP contribution in [0.2, 0.25) is 0 Å². The molecular weight excluding hydrogens is 340 g/mol. The van der Waals surface area contributed by atoms with Gasteiger partial charge in [0.05, 0.1) is 13.0 Å². The highest BCUT2D eigenvalue weighted by molar-refractivity contribution is 5.86. The van der Waals surface area contributed by atoms with Crippen molar-refractivity contribution in [2.75, 3.05) is 13.2 Å². The summed E-state index contributed by atoms with van der Waals surface area (Å²) in [4.78, 5) is 23.4. The van der Waals surface area contributed by atoms with E-state index in [-0.39, 0.29) is 30.3 Å². The van der Waals surface area contributed by atoms with Crippen LogP contribution in [0.25, 0.3) is 10.8 Å².